The van der Waals surface area contributed by atoms with Crippen molar-refractivity contribution in [2.45, 2.75) is 231 Å². The number of rotatable bonds is 36. The highest BCUT2D eigenvalue weighted by molar-refractivity contribution is 6.07. The Morgan fingerprint density at radius 3 is 1.00 bits per heavy atom. The number of carbonyl (C=O) groups excluding carboxylic acids is 3. The molecule has 44 heavy (non-hydrogen) atoms. The number of unbranched alkanes of at least 4 members (excludes halogenated alkanes) is 28. The van der Waals surface area contributed by atoms with Crippen LogP contribution in [0.25, 0.3) is 0 Å². The Morgan fingerprint density at radius 2 is 0.727 bits per heavy atom. The van der Waals surface area contributed by atoms with Gasteiger partial charge in [0.1, 0.15) is 0 Å². The predicted octanol–water partition coefficient (Wildman–Crippen LogP) is 10.8. The molecule has 0 saturated heterocycles. The van der Waals surface area contributed by atoms with Crippen LogP contribution in [-0.4, -0.2) is 39.8 Å². The summed E-state index contributed by atoms with van der Waals surface area (Å²) in [5, 5.41) is 20.9. The van der Waals surface area contributed by atoms with Crippen molar-refractivity contribution in [2.75, 3.05) is 0 Å². The molecule has 2 unspecified atom stereocenters. The molecule has 5 nitrogen and oxygen atoms in total. The highest BCUT2D eigenvalue weighted by Crippen LogP contribution is 2.20. The van der Waals surface area contributed by atoms with Crippen LogP contribution in [0.1, 0.15) is 219 Å². The van der Waals surface area contributed by atoms with Gasteiger partial charge < -0.3 is 10.2 Å². The van der Waals surface area contributed by atoms with E-state index in [4.69, 9.17) is 0 Å². The molecule has 0 aliphatic heterocycles. The lowest BCUT2D eigenvalue weighted by atomic mass is 9.86. The number of aliphatic hydroxyl groups excluding tert-OH is 1. The van der Waals surface area contributed by atoms with E-state index in [1.807, 2.05) is 0 Å². The summed E-state index contributed by atoms with van der Waals surface area (Å²) in [5.74, 6) is -1.44. The molecular weight excluding hydrogens is 548 g/mol. The second-order valence-corrected chi connectivity index (χ2v) is 13.6. The quantitative estimate of drug-likeness (QED) is 0.0536. The van der Waals surface area contributed by atoms with E-state index in [1.165, 1.54) is 148 Å². The SMILES string of the molecule is CCCCCCCCCCCCCCCCCC(=O)C(O)C(O)([C]=O)C(=O)CCCCCCCCCCCCCCCCC. The Labute approximate surface area is 273 Å². The van der Waals surface area contributed by atoms with E-state index >= 15 is 0 Å². The van der Waals surface area contributed by atoms with Gasteiger partial charge in [0.2, 0.25) is 11.9 Å². The molecule has 1 radical (unpaired) electrons. The molecule has 0 fully saturated rings. The van der Waals surface area contributed by atoms with Crippen molar-refractivity contribution in [3.8, 4) is 0 Å². The summed E-state index contributed by atoms with van der Waals surface area (Å²) in [7, 11) is 0. The minimum absolute atomic E-state index is 0.0205. The molecule has 2 N–H and O–H groups in total. The van der Waals surface area contributed by atoms with Crippen LogP contribution in [0.15, 0.2) is 0 Å². The van der Waals surface area contributed by atoms with Crippen LogP contribution in [-0.2, 0) is 14.4 Å². The fourth-order valence-corrected chi connectivity index (χ4v) is 6.15. The topological polar surface area (TPSA) is 91.7 Å². The maximum Gasteiger partial charge on any atom is 0.244 e. The zero-order valence-corrected chi connectivity index (χ0v) is 29.3. The summed E-state index contributed by atoms with van der Waals surface area (Å²) in [6.45, 7) is 4.51. The van der Waals surface area contributed by atoms with Crippen LogP contribution in [0.5, 0.6) is 0 Å². The van der Waals surface area contributed by atoms with Crippen molar-refractivity contribution >= 4 is 17.9 Å². The van der Waals surface area contributed by atoms with Gasteiger partial charge in [-0.25, -0.2) is 0 Å². The minimum Gasteiger partial charge on any atom is -0.381 e. The maximum absolute atomic E-state index is 12.6. The number of carbonyl (C=O) groups is 2. The first kappa shape index (κ1) is 42.9. The number of Topliss-reactive ketones (excluding diaryl/α,β-unsaturated/α-hetero) is 2. The summed E-state index contributed by atoms with van der Waals surface area (Å²) in [4.78, 5) is 36.5. The van der Waals surface area contributed by atoms with Gasteiger partial charge in [-0.1, -0.05) is 194 Å². The summed E-state index contributed by atoms with van der Waals surface area (Å²) in [5.41, 5.74) is -2.73. The fraction of sp³-hybridized carbons (Fsp3) is 0.923. The number of hydrogen-bond donors (Lipinski definition) is 2. The van der Waals surface area contributed by atoms with Gasteiger partial charge in [0.25, 0.3) is 0 Å². The highest BCUT2D eigenvalue weighted by Gasteiger charge is 2.46. The first-order valence-electron chi connectivity index (χ1n) is 19.3. The third-order valence-electron chi connectivity index (χ3n) is 9.32. The average molecular weight is 622 g/mol. The Hall–Kier alpha value is -1.07. The maximum atomic E-state index is 12.6. The van der Waals surface area contributed by atoms with Gasteiger partial charge in [0.05, 0.1) is 0 Å². The fourth-order valence-electron chi connectivity index (χ4n) is 6.15. The Bertz CT molecular complexity index is 663. The van der Waals surface area contributed by atoms with Crippen LogP contribution in [0, 0.1) is 0 Å². The first-order valence-corrected chi connectivity index (χ1v) is 19.3. The lowest BCUT2D eigenvalue weighted by Crippen LogP contribution is -2.54. The van der Waals surface area contributed by atoms with Crippen molar-refractivity contribution in [1.29, 1.82) is 0 Å². The zero-order chi connectivity index (χ0) is 32.6. The van der Waals surface area contributed by atoms with Gasteiger partial charge >= 0.3 is 0 Å². The Balaban J connectivity index is 3.80. The van der Waals surface area contributed by atoms with E-state index in [0.29, 0.717) is 12.8 Å². The van der Waals surface area contributed by atoms with Crippen molar-refractivity contribution in [3.63, 3.8) is 0 Å². The summed E-state index contributed by atoms with van der Waals surface area (Å²) < 4.78 is 0. The Kier molecular flexibility index (Phi) is 31.1. The van der Waals surface area contributed by atoms with E-state index in [2.05, 4.69) is 13.8 Å². The van der Waals surface area contributed by atoms with Crippen molar-refractivity contribution in [1.82, 2.24) is 0 Å². The molecule has 0 aromatic carbocycles. The molecule has 0 spiro atoms. The highest BCUT2D eigenvalue weighted by atomic mass is 16.4. The first-order chi connectivity index (χ1) is 21.4. The van der Waals surface area contributed by atoms with Gasteiger partial charge in [-0.2, -0.15) is 0 Å². The van der Waals surface area contributed by atoms with E-state index < -0.39 is 23.3 Å². The molecule has 0 saturated carbocycles. The third kappa shape index (κ3) is 24.2. The zero-order valence-electron chi connectivity index (χ0n) is 29.3. The number of aliphatic hydroxyl groups is 2. The van der Waals surface area contributed by atoms with Crippen LogP contribution in [0.3, 0.4) is 0 Å². The van der Waals surface area contributed by atoms with E-state index in [1.54, 1.807) is 0 Å². The molecule has 0 rings (SSSR count). The molecule has 0 amide bonds. The second kappa shape index (κ2) is 31.9. The van der Waals surface area contributed by atoms with E-state index in [9.17, 15) is 24.6 Å². The van der Waals surface area contributed by atoms with E-state index in [-0.39, 0.29) is 12.8 Å². The van der Waals surface area contributed by atoms with Crippen LogP contribution < -0.4 is 0 Å². The van der Waals surface area contributed by atoms with Gasteiger partial charge in [-0.15, -0.1) is 0 Å². The second-order valence-electron chi connectivity index (χ2n) is 13.6. The lowest BCUT2D eigenvalue weighted by molar-refractivity contribution is -0.150. The number of ketones is 2. The lowest BCUT2D eigenvalue weighted by Gasteiger charge is -2.24. The smallest absolute Gasteiger partial charge is 0.244 e. The summed E-state index contributed by atoms with van der Waals surface area (Å²) in [6.07, 6.45) is 35.7. The molecule has 5 heteroatoms. The molecular formula is C39H73O5. The molecule has 259 valence electrons. The van der Waals surface area contributed by atoms with Crippen LogP contribution in [0.2, 0.25) is 0 Å². The molecule has 2 atom stereocenters. The minimum atomic E-state index is -2.73. The van der Waals surface area contributed by atoms with Gasteiger partial charge in [0.15, 0.2) is 17.7 Å². The van der Waals surface area contributed by atoms with Crippen molar-refractivity contribution in [2.24, 2.45) is 0 Å². The van der Waals surface area contributed by atoms with Crippen molar-refractivity contribution < 1.29 is 24.6 Å². The summed E-state index contributed by atoms with van der Waals surface area (Å²) >= 11 is 0. The molecule has 0 aliphatic rings. The van der Waals surface area contributed by atoms with Crippen LogP contribution >= 0.6 is 0 Å². The molecule has 0 heterocycles. The Morgan fingerprint density at radius 1 is 0.477 bits per heavy atom. The predicted molar refractivity (Wildman–Crippen MR) is 186 cm³/mol. The van der Waals surface area contributed by atoms with E-state index in [0.717, 1.165) is 38.5 Å². The third-order valence-corrected chi connectivity index (χ3v) is 9.32. The molecule has 0 aliphatic carbocycles. The standard InChI is InChI=1S/C39H73O5/c1-3-5-7-9-11-13-15-17-19-21-23-25-27-29-31-33-36(41)38(43)39(44,35-40)37(42)34-32-30-28-26-24-22-20-18-16-14-12-10-8-6-4-2/h38,43-44H,3-34H2,1-2H3. The molecule has 0 aromatic heterocycles. The van der Waals surface area contributed by atoms with Gasteiger partial charge in [0, 0.05) is 12.8 Å². The largest absolute Gasteiger partial charge is 0.381 e. The van der Waals surface area contributed by atoms with Gasteiger partial charge in [-0.3, -0.25) is 14.4 Å². The number of hydrogen-bond acceptors (Lipinski definition) is 5. The van der Waals surface area contributed by atoms with Crippen LogP contribution in [0.4, 0.5) is 0 Å². The molecule has 0 aromatic rings. The monoisotopic (exact) mass is 622 g/mol. The average Bonchev–Trinajstić information content (AvgIpc) is 3.03. The normalized spacial score (nSPS) is 13.5. The molecule has 0 bridgehead atoms. The summed E-state index contributed by atoms with van der Waals surface area (Å²) in [6, 6.07) is 0. The van der Waals surface area contributed by atoms with Crippen molar-refractivity contribution in [3.05, 3.63) is 0 Å². The van der Waals surface area contributed by atoms with Gasteiger partial charge in [-0.05, 0) is 12.8 Å².